The number of hydrogen-bond donors (Lipinski definition) is 1. The van der Waals surface area contributed by atoms with Crippen LogP contribution in [0.2, 0.25) is 0 Å². The van der Waals surface area contributed by atoms with E-state index in [1.54, 1.807) is 11.3 Å². The standard InChI is InChI=1S/C40H45N7S/c1-7-9-10-19-39-44-45-40(48-39)47(6)37-24-20-29(26-27(37)3)46(5)38-25-23-36(32-17-13-14-18-33(32)38)43-42-35-22-21-34(41-28(4)8-2)30-15-11-12-16-31(30)35/h11-18,20-26,28,41H,7-10,19H2,1-6H3/b43-42+. The minimum absolute atomic E-state index is 0.390. The number of nitrogens with zero attached hydrogens (tertiary/aromatic N) is 6. The molecule has 0 bridgehead atoms. The highest BCUT2D eigenvalue weighted by molar-refractivity contribution is 7.15. The van der Waals surface area contributed by atoms with Crippen LogP contribution < -0.4 is 15.1 Å². The summed E-state index contributed by atoms with van der Waals surface area (Å²) >= 11 is 1.69. The molecule has 0 fully saturated rings. The van der Waals surface area contributed by atoms with Crippen molar-refractivity contribution < 1.29 is 0 Å². The lowest BCUT2D eigenvalue weighted by atomic mass is 10.1. The molecule has 0 radical (unpaired) electrons. The van der Waals surface area contributed by atoms with Gasteiger partial charge in [0.2, 0.25) is 5.13 Å². The van der Waals surface area contributed by atoms with Gasteiger partial charge in [-0.05, 0) is 74.7 Å². The first-order valence-electron chi connectivity index (χ1n) is 17.0. The third kappa shape index (κ3) is 7.04. The summed E-state index contributed by atoms with van der Waals surface area (Å²) in [6.45, 7) is 8.78. The molecule has 1 atom stereocenters. The molecule has 8 heteroatoms. The van der Waals surface area contributed by atoms with E-state index in [2.05, 4.69) is 158 Å². The van der Waals surface area contributed by atoms with Gasteiger partial charge in [0.25, 0.3) is 0 Å². The van der Waals surface area contributed by atoms with E-state index in [1.165, 1.54) is 18.4 Å². The molecule has 1 heterocycles. The van der Waals surface area contributed by atoms with Crippen molar-refractivity contribution >= 4 is 72.1 Å². The van der Waals surface area contributed by atoms with E-state index >= 15 is 0 Å². The molecule has 0 spiro atoms. The van der Waals surface area contributed by atoms with Crippen molar-refractivity contribution in [1.29, 1.82) is 0 Å². The van der Waals surface area contributed by atoms with Gasteiger partial charge in [-0.2, -0.15) is 0 Å². The molecule has 0 amide bonds. The average molecular weight is 656 g/mol. The lowest BCUT2D eigenvalue weighted by Crippen LogP contribution is -2.13. The maximum absolute atomic E-state index is 4.80. The number of fused-ring (bicyclic) bond motifs is 2. The van der Waals surface area contributed by atoms with E-state index in [-0.39, 0.29) is 0 Å². The molecule has 1 N–H and O–H groups in total. The molecule has 0 aliphatic heterocycles. The van der Waals surface area contributed by atoms with Crippen LogP contribution in [0.3, 0.4) is 0 Å². The number of hydrogen-bond acceptors (Lipinski definition) is 8. The zero-order valence-electron chi connectivity index (χ0n) is 28.9. The molecule has 1 aromatic heterocycles. The SMILES string of the molecule is CCCCCc1nnc(N(C)c2ccc(N(C)c3ccc(/N=N/c4ccc(NC(C)CC)c5ccccc45)c4ccccc34)cc2C)s1. The van der Waals surface area contributed by atoms with E-state index in [1.807, 2.05) is 0 Å². The van der Waals surface area contributed by atoms with E-state index in [0.717, 1.165) is 85.1 Å². The lowest BCUT2D eigenvalue weighted by molar-refractivity contribution is 0.710. The third-order valence-electron chi connectivity index (χ3n) is 9.09. The van der Waals surface area contributed by atoms with Crippen molar-refractivity contribution in [1.82, 2.24) is 10.2 Å². The maximum Gasteiger partial charge on any atom is 0.212 e. The van der Waals surface area contributed by atoms with Gasteiger partial charge in [0, 0.05) is 70.9 Å². The van der Waals surface area contributed by atoms with Crippen LogP contribution in [0, 0.1) is 6.92 Å². The van der Waals surface area contributed by atoms with E-state index in [9.17, 15) is 0 Å². The fraction of sp³-hybridized carbons (Fsp3) is 0.300. The number of aryl methyl sites for hydroxylation is 2. The van der Waals surface area contributed by atoms with Crippen molar-refractivity contribution in [2.75, 3.05) is 29.2 Å². The quantitative estimate of drug-likeness (QED) is 0.0990. The lowest BCUT2D eigenvalue weighted by Gasteiger charge is -2.24. The highest BCUT2D eigenvalue weighted by atomic mass is 32.1. The van der Waals surface area contributed by atoms with Gasteiger partial charge < -0.3 is 15.1 Å². The summed E-state index contributed by atoms with van der Waals surface area (Å²) < 4.78 is 0. The summed E-state index contributed by atoms with van der Waals surface area (Å²) in [6, 6.07) is 32.2. The summed E-state index contributed by atoms with van der Waals surface area (Å²) in [6.07, 6.45) is 5.65. The van der Waals surface area contributed by atoms with Gasteiger partial charge >= 0.3 is 0 Å². The number of rotatable bonds is 13. The van der Waals surface area contributed by atoms with Gasteiger partial charge in [-0.1, -0.05) is 86.6 Å². The highest BCUT2D eigenvalue weighted by Gasteiger charge is 2.16. The van der Waals surface area contributed by atoms with E-state index in [0.29, 0.717) is 6.04 Å². The number of azo groups is 1. The van der Waals surface area contributed by atoms with Gasteiger partial charge in [0.05, 0.1) is 11.4 Å². The summed E-state index contributed by atoms with van der Waals surface area (Å²) in [7, 11) is 4.19. The molecule has 7 nitrogen and oxygen atoms in total. The van der Waals surface area contributed by atoms with Gasteiger partial charge in [-0.3, -0.25) is 0 Å². The molecule has 0 aliphatic carbocycles. The Labute approximate surface area is 288 Å². The molecule has 0 aliphatic rings. The summed E-state index contributed by atoms with van der Waals surface area (Å²) in [5, 5.41) is 28.6. The second-order valence-corrected chi connectivity index (χ2v) is 13.5. The van der Waals surface area contributed by atoms with Crippen LogP contribution in [0.1, 0.15) is 57.0 Å². The second-order valence-electron chi connectivity index (χ2n) is 12.5. The Morgan fingerprint density at radius 1 is 0.729 bits per heavy atom. The number of unbranched alkanes of at least 4 members (excludes halogenated alkanes) is 2. The fourth-order valence-electron chi connectivity index (χ4n) is 6.09. The van der Waals surface area contributed by atoms with Gasteiger partial charge in [-0.15, -0.1) is 20.4 Å². The smallest absolute Gasteiger partial charge is 0.212 e. The second kappa shape index (κ2) is 14.9. The zero-order valence-corrected chi connectivity index (χ0v) is 29.7. The van der Waals surface area contributed by atoms with Crippen LogP contribution in [0.25, 0.3) is 21.5 Å². The minimum Gasteiger partial charge on any atom is -0.382 e. The Hall–Kier alpha value is -4.82. The Bertz CT molecular complexity index is 2050. The molecule has 246 valence electrons. The molecule has 6 aromatic rings. The first kappa shape index (κ1) is 33.1. The molecule has 6 rings (SSSR count). The third-order valence-corrected chi connectivity index (χ3v) is 10.1. The van der Waals surface area contributed by atoms with E-state index in [4.69, 9.17) is 10.2 Å². The van der Waals surface area contributed by atoms with Crippen LogP contribution in [-0.2, 0) is 6.42 Å². The van der Waals surface area contributed by atoms with Gasteiger partial charge in [0.1, 0.15) is 5.01 Å². The maximum atomic E-state index is 4.80. The van der Waals surface area contributed by atoms with Gasteiger partial charge in [0.15, 0.2) is 0 Å². The molecular formula is C40H45N7S. The molecule has 5 aromatic carbocycles. The Morgan fingerprint density at radius 2 is 1.38 bits per heavy atom. The number of benzene rings is 5. The van der Waals surface area contributed by atoms with Crippen LogP contribution in [0.5, 0.6) is 0 Å². The Morgan fingerprint density at radius 3 is 2.06 bits per heavy atom. The van der Waals surface area contributed by atoms with Gasteiger partial charge in [-0.25, -0.2) is 0 Å². The van der Waals surface area contributed by atoms with Crippen LogP contribution in [-0.4, -0.2) is 30.3 Å². The summed E-state index contributed by atoms with van der Waals surface area (Å²) in [4.78, 5) is 4.39. The number of nitrogens with one attached hydrogen (secondary N) is 1. The Kier molecular flexibility index (Phi) is 10.3. The largest absolute Gasteiger partial charge is 0.382 e. The zero-order chi connectivity index (χ0) is 33.6. The van der Waals surface area contributed by atoms with Crippen LogP contribution >= 0.6 is 11.3 Å². The highest BCUT2D eigenvalue weighted by Crippen LogP contribution is 2.40. The number of aromatic nitrogens is 2. The van der Waals surface area contributed by atoms with Crippen molar-refractivity contribution in [2.45, 2.75) is 65.8 Å². The molecule has 1 unspecified atom stereocenters. The molecule has 0 saturated heterocycles. The van der Waals surface area contributed by atoms with Crippen molar-refractivity contribution in [3.8, 4) is 0 Å². The number of anilines is 5. The predicted molar refractivity (Wildman–Crippen MR) is 206 cm³/mol. The van der Waals surface area contributed by atoms with E-state index < -0.39 is 0 Å². The first-order chi connectivity index (χ1) is 23.4. The topological polar surface area (TPSA) is 69.0 Å². The molecule has 0 saturated carbocycles. The average Bonchev–Trinajstić information content (AvgIpc) is 3.59. The normalized spacial score (nSPS) is 12.2. The summed E-state index contributed by atoms with van der Waals surface area (Å²) in [5.41, 5.74) is 7.34. The van der Waals surface area contributed by atoms with Crippen molar-refractivity contribution in [3.63, 3.8) is 0 Å². The first-order valence-corrected chi connectivity index (χ1v) is 17.8. The monoisotopic (exact) mass is 655 g/mol. The molecular weight excluding hydrogens is 611 g/mol. The molecule has 48 heavy (non-hydrogen) atoms. The van der Waals surface area contributed by atoms with Crippen LogP contribution in [0.4, 0.5) is 39.3 Å². The Balaban J connectivity index is 1.26. The minimum atomic E-state index is 0.390. The van der Waals surface area contributed by atoms with Crippen molar-refractivity contribution in [3.05, 3.63) is 102 Å². The predicted octanol–water partition coefficient (Wildman–Crippen LogP) is 12.0. The van der Waals surface area contributed by atoms with Crippen molar-refractivity contribution in [2.24, 2.45) is 10.2 Å². The summed E-state index contributed by atoms with van der Waals surface area (Å²) in [5.74, 6) is 0. The fourth-order valence-corrected chi connectivity index (χ4v) is 6.95. The van der Waals surface area contributed by atoms with Crippen LogP contribution in [0.15, 0.2) is 101 Å².